The van der Waals surface area contributed by atoms with Gasteiger partial charge in [0.25, 0.3) is 5.91 Å². The lowest BCUT2D eigenvalue weighted by Crippen LogP contribution is -2.26. The largest absolute Gasteiger partial charge is 0.345 e. The molecule has 0 saturated heterocycles. The normalized spacial score (nSPS) is 12.3. The number of nitrogens with one attached hydrogen (secondary N) is 1. The number of carbonyl (C=O) groups excluding carboxylic acids is 1. The number of nitrogens with zero attached hydrogens (tertiary/aromatic N) is 1. The molecule has 112 valence electrons. The molecular formula is C16H12ClFN2OS. The molecule has 0 bridgehead atoms. The fourth-order valence-corrected chi connectivity index (χ4v) is 3.63. The molecule has 3 nitrogen and oxygen atoms in total. The topological polar surface area (TPSA) is 42.0 Å². The molecule has 3 rings (SSSR count). The summed E-state index contributed by atoms with van der Waals surface area (Å²) in [7, 11) is 0. The molecule has 2 heterocycles. The van der Waals surface area contributed by atoms with E-state index in [1.165, 1.54) is 23.5 Å². The highest BCUT2D eigenvalue weighted by Gasteiger charge is 2.19. The molecular weight excluding hydrogens is 323 g/mol. The zero-order valence-electron chi connectivity index (χ0n) is 11.6. The second kappa shape index (κ2) is 6.02. The van der Waals surface area contributed by atoms with Crippen LogP contribution >= 0.6 is 22.9 Å². The van der Waals surface area contributed by atoms with E-state index in [9.17, 15) is 9.18 Å². The lowest BCUT2D eigenvalue weighted by molar-refractivity contribution is 0.0944. The average molecular weight is 335 g/mol. The molecule has 0 aliphatic carbocycles. The molecule has 0 aliphatic heterocycles. The van der Waals surface area contributed by atoms with Crippen molar-refractivity contribution < 1.29 is 9.18 Å². The molecule has 0 radical (unpaired) electrons. The van der Waals surface area contributed by atoms with Crippen molar-refractivity contribution in [1.29, 1.82) is 0 Å². The molecule has 6 heteroatoms. The maximum absolute atomic E-state index is 13.3. The van der Waals surface area contributed by atoms with E-state index in [0.717, 1.165) is 5.56 Å². The van der Waals surface area contributed by atoms with Crippen LogP contribution in [-0.4, -0.2) is 10.9 Å². The zero-order chi connectivity index (χ0) is 15.7. The summed E-state index contributed by atoms with van der Waals surface area (Å²) < 4.78 is 13.9. The van der Waals surface area contributed by atoms with Crippen LogP contribution in [0.1, 0.15) is 28.2 Å². The number of carbonyl (C=O) groups is 1. The third-order valence-corrected chi connectivity index (χ3v) is 5.01. The molecule has 0 saturated carbocycles. The number of fused-ring (bicyclic) bond motifs is 1. The molecule has 1 aromatic carbocycles. The second-order valence-corrected chi connectivity index (χ2v) is 6.29. The van der Waals surface area contributed by atoms with Crippen molar-refractivity contribution in [2.24, 2.45) is 0 Å². The zero-order valence-corrected chi connectivity index (χ0v) is 13.2. The first-order valence-electron chi connectivity index (χ1n) is 6.64. The van der Waals surface area contributed by atoms with Gasteiger partial charge in [-0.3, -0.25) is 9.78 Å². The third kappa shape index (κ3) is 2.82. The highest BCUT2D eigenvalue weighted by molar-refractivity contribution is 7.21. The number of aromatic nitrogens is 1. The van der Waals surface area contributed by atoms with E-state index in [-0.39, 0.29) is 17.8 Å². The molecule has 0 aliphatic rings. The Labute approximate surface area is 135 Å². The van der Waals surface area contributed by atoms with Gasteiger partial charge in [-0.1, -0.05) is 11.6 Å². The van der Waals surface area contributed by atoms with Gasteiger partial charge in [-0.25, -0.2) is 4.39 Å². The van der Waals surface area contributed by atoms with Gasteiger partial charge in [0.1, 0.15) is 10.7 Å². The minimum atomic E-state index is -0.345. The van der Waals surface area contributed by atoms with Crippen LogP contribution in [0.5, 0.6) is 0 Å². The van der Waals surface area contributed by atoms with Gasteiger partial charge in [0.15, 0.2) is 0 Å². The van der Waals surface area contributed by atoms with Crippen LogP contribution in [0.25, 0.3) is 10.1 Å². The molecule has 0 spiro atoms. The van der Waals surface area contributed by atoms with Gasteiger partial charge in [-0.2, -0.15) is 0 Å². The Kier molecular flexibility index (Phi) is 4.09. The van der Waals surface area contributed by atoms with Crippen LogP contribution in [0.15, 0.2) is 42.7 Å². The van der Waals surface area contributed by atoms with Crippen LogP contribution in [0.3, 0.4) is 0 Å². The summed E-state index contributed by atoms with van der Waals surface area (Å²) >= 11 is 7.44. The maximum Gasteiger partial charge on any atom is 0.263 e. The van der Waals surface area contributed by atoms with E-state index in [1.807, 2.05) is 19.1 Å². The molecule has 0 fully saturated rings. The van der Waals surface area contributed by atoms with Crippen molar-refractivity contribution in [3.8, 4) is 0 Å². The Hall–Kier alpha value is -1.98. The van der Waals surface area contributed by atoms with Crippen molar-refractivity contribution in [3.05, 3.63) is 64.0 Å². The monoisotopic (exact) mass is 334 g/mol. The van der Waals surface area contributed by atoms with Crippen LogP contribution in [-0.2, 0) is 0 Å². The summed E-state index contributed by atoms with van der Waals surface area (Å²) in [5.41, 5.74) is 0.951. The van der Waals surface area contributed by atoms with Gasteiger partial charge in [0.2, 0.25) is 0 Å². The lowest BCUT2D eigenvalue weighted by atomic mass is 10.1. The fraction of sp³-hybridized carbons (Fsp3) is 0.125. The number of halogens is 2. The van der Waals surface area contributed by atoms with Gasteiger partial charge in [0.05, 0.1) is 11.1 Å². The number of rotatable bonds is 3. The van der Waals surface area contributed by atoms with Gasteiger partial charge < -0.3 is 5.32 Å². The van der Waals surface area contributed by atoms with E-state index in [0.29, 0.717) is 20.0 Å². The van der Waals surface area contributed by atoms with Crippen molar-refractivity contribution in [1.82, 2.24) is 10.3 Å². The Bertz CT molecular complexity index is 835. The molecule has 0 unspecified atom stereocenters. The Morgan fingerprint density at radius 1 is 1.32 bits per heavy atom. The maximum atomic E-state index is 13.3. The van der Waals surface area contributed by atoms with E-state index in [1.54, 1.807) is 18.5 Å². The first-order valence-corrected chi connectivity index (χ1v) is 7.84. The van der Waals surface area contributed by atoms with Crippen LogP contribution in [0.4, 0.5) is 4.39 Å². The van der Waals surface area contributed by atoms with Gasteiger partial charge in [0, 0.05) is 22.5 Å². The third-order valence-electron chi connectivity index (χ3n) is 3.35. The van der Waals surface area contributed by atoms with Crippen molar-refractivity contribution in [3.63, 3.8) is 0 Å². The van der Waals surface area contributed by atoms with Crippen molar-refractivity contribution >= 4 is 38.9 Å². The number of amides is 1. The van der Waals surface area contributed by atoms with Gasteiger partial charge in [-0.05, 0) is 42.8 Å². The summed E-state index contributed by atoms with van der Waals surface area (Å²) in [6.45, 7) is 1.88. The highest BCUT2D eigenvalue weighted by Crippen LogP contribution is 2.35. The Balaban J connectivity index is 1.88. The van der Waals surface area contributed by atoms with E-state index >= 15 is 0 Å². The Morgan fingerprint density at radius 3 is 2.77 bits per heavy atom. The molecule has 1 amide bonds. The minimum Gasteiger partial charge on any atom is -0.345 e. The van der Waals surface area contributed by atoms with E-state index in [4.69, 9.17) is 11.6 Å². The Morgan fingerprint density at radius 2 is 2.05 bits per heavy atom. The number of hydrogen-bond acceptors (Lipinski definition) is 3. The summed E-state index contributed by atoms with van der Waals surface area (Å²) in [5.74, 6) is -0.613. The van der Waals surface area contributed by atoms with Crippen LogP contribution in [0.2, 0.25) is 5.02 Å². The van der Waals surface area contributed by atoms with E-state index < -0.39 is 0 Å². The molecule has 1 atom stereocenters. The minimum absolute atomic E-state index is 0.173. The van der Waals surface area contributed by atoms with Crippen LogP contribution < -0.4 is 5.32 Å². The van der Waals surface area contributed by atoms with Crippen molar-refractivity contribution in [2.75, 3.05) is 0 Å². The quantitative estimate of drug-likeness (QED) is 0.761. The standard InChI is InChI=1S/C16H12ClFN2OS/c1-9(10-4-6-19-7-5-10)20-16(21)15-14(17)12-3-2-11(18)8-13(12)22-15/h2-9H,1H3,(H,20,21)/t9-/m0/s1. The fourth-order valence-electron chi connectivity index (χ4n) is 2.18. The molecule has 3 aromatic rings. The van der Waals surface area contributed by atoms with Crippen LogP contribution in [0, 0.1) is 5.82 Å². The predicted octanol–water partition coefficient (Wildman–Crippen LogP) is 4.58. The van der Waals surface area contributed by atoms with Crippen molar-refractivity contribution in [2.45, 2.75) is 13.0 Å². The first kappa shape index (κ1) is 14.9. The first-order chi connectivity index (χ1) is 10.6. The smallest absolute Gasteiger partial charge is 0.263 e. The average Bonchev–Trinajstić information content (AvgIpc) is 2.84. The van der Waals surface area contributed by atoms with Gasteiger partial charge in [-0.15, -0.1) is 11.3 Å². The molecule has 22 heavy (non-hydrogen) atoms. The summed E-state index contributed by atoms with van der Waals surface area (Å²) in [6, 6.07) is 7.82. The number of pyridine rings is 1. The second-order valence-electron chi connectivity index (χ2n) is 4.86. The predicted molar refractivity (Wildman–Crippen MR) is 86.9 cm³/mol. The summed E-state index contributed by atoms with van der Waals surface area (Å²) in [5, 5.41) is 3.94. The summed E-state index contributed by atoms with van der Waals surface area (Å²) in [6.07, 6.45) is 3.35. The lowest BCUT2D eigenvalue weighted by Gasteiger charge is -2.13. The number of hydrogen-bond donors (Lipinski definition) is 1. The highest BCUT2D eigenvalue weighted by atomic mass is 35.5. The summed E-state index contributed by atoms with van der Waals surface area (Å²) in [4.78, 5) is 16.8. The molecule has 2 aromatic heterocycles. The molecule has 1 N–H and O–H groups in total. The van der Waals surface area contributed by atoms with Gasteiger partial charge >= 0.3 is 0 Å². The SMILES string of the molecule is C[C@H](NC(=O)c1sc2cc(F)ccc2c1Cl)c1ccncc1. The number of benzene rings is 1. The number of thiophene rings is 1. The van der Waals surface area contributed by atoms with E-state index in [2.05, 4.69) is 10.3 Å².